The molecule has 0 radical (unpaired) electrons. The molecule has 2 heterocycles. The summed E-state index contributed by atoms with van der Waals surface area (Å²) in [4.78, 5) is 2.41. The fraction of sp³-hybridized carbons (Fsp3) is 0.0164. The average molecular weight is 818 g/mol. The molecule has 0 amide bonds. The SMILES string of the molecule is c1ccc(-c2cccc(C3(c4cccc(N(c5ccc6oc7cccc(-c8ccccc8)c7c6c5)c5cccc6oc7ccccc7c56)c4)c4ccccc4-c4ccccc43)c2)cc1. The predicted octanol–water partition coefficient (Wildman–Crippen LogP) is 16.7. The van der Waals surface area contributed by atoms with Gasteiger partial charge in [0.25, 0.3) is 0 Å². The second-order valence-corrected chi connectivity index (χ2v) is 16.7. The fourth-order valence-corrected chi connectivity index (χ4v) is 10.6. The Bertz CT molecular complexity index is 3700. The lowest BCUT2D eigenvalue weighted by Crippen LogP contribution is -2.29. The largest absolute Gasteiger partial charge is 0.456 e. The molecule has 0 saturated carbocycles. The van der Waals surface area contributed by atoms with Crippen LogP contribution in [0.2, 0.25) is 0 Å². The summed E-state index contributed by atoms with van der Waals surface area (Å²) in [5, 5.41) is 4.29. The van der Waals surface area contributed by atoms with Gasteiger partial charge < -0.3 is 13.7 Å². The molecule has 0 fully saturated rings. The minimum atomic E-state index is -0.622. The van der Waals surface area contributed by atoms with Crippen LogP contribution in [-0.4, -0.2) is 0 Å². The zero-order chi connectivity index (χ0) is 42.2. The smallest absolute Gasteiger partial charge is 0.137 e. The van der Waals surface area contributed by atoms with E-state index < -0.39 is 5.41 Å². The summed E-state index contributed by atoms with van der Waals surface area (Å²) in [6.07, 6.45) is 0. The summed E-state index contributed by atoms with van der Waals surface area (Å²) in [5.74, 6) is 0. The number of nitrogens with zero attached hydrogens (tertiary/aromatic N) is 1. The summed E-state index contributed by atoms with van der Waals surface area (Å²) in [6.45, 7) is 0. The first-order valence-corrected chi connectivity index (χ1v) is 21.9. The normalized spacial score (nSPS) is 12.8. The van der Waals surface area contributed by atoms with E-state index in [0.29, 0.717) is 0 Å². The summed E-state index contributed by atoms with van der Waals surface area (Å²) >= 11 is 0. The Labute approximate surface area is 370 Å². The van der Waals surface area contributed by atoms with Crippen molar-refractivity contribution in [1.29, 1.82) is 0 Å². The van der Waals surface area contributed by atoms with Gasteiger partial charge in [-0.25, -0.2) is 0 Å². The van der Waals surface area contributed by atoms with E-state index in [1.807, 2.05) is 6.07 Å². The highest BCUT2D eigenvalue weighted by molar-refractivity contribution is 6.16. The Balaban J connectivity index is 1.10. The van der Waals surface area contributed by atoms with Crippen molar-refractivity contribution in [3.8, 4) is 33.4 Å². The summed E-state index contributed by atoms with van der Waals surface area (Å²) < 4.78 is 13.2. The molecule has 3 heteroatoms. The van der Waals surface area contributed by atoms with Crippen molar-refractivity contribution in [2.45, 2.75) is 5.41 Å². The first-order chi connectivity index (χ1) is 31.7. The molecule has 300 valence electrons. The predicted molar refractivity (Wildman–Crippen MR) is 264 cm³/mol. The number of furan rings is 2. The van der Waals surface area contributed by atoms with Crippen molar-refractivity contribution in [3.05, 3.63) is 259 Å². The summed E-state index contributed by atoms with van der Waals surface area (Å²) in [6, 6.07) is 85.4. The molecular formula is C61H39NO2. The van der Waals surface area contributed by atoms with E-state index in [2.05, 4.69) is 235 Å². The second-order valence-electron chi connectivity index (χ2n) is 16.7. The molecule has 12 aromatic rings. The third kappa shape index (κ3) is 5.41. The van der Waals surface area contributed by atoms with Crippen molar-refractivity contribution in [2.75, 3.05) is 4.90 Å². The molecule has 0 bridgehead atoms. The van der Waals surface area contributed by atoms with Crippen molar-refractivity contribution in [2.24, 2.45) is 0 Å². The lowest BCUT2D eigenvalue weighted by Gasteiger charge is -2.35. The van der Waals surface area contributed by atoms with E-state index in [1.54, 1.807) is 0 Å². The van der Waals surface area contributed by atoms with E-state index in [4.69, 9.17) is 8.83 Å². The van der Waals surface area contributed by atoms with Gasteiger partial charge in [0, 0.05) is 27.5 Å². The molecule has 0 N–H and O–H groups in total. The molecular weight excluding hydrogens is 779 g/mol. The summed E-state index contributed by atoms with van der Waals surface area (Å²) in [7, 11) is 0. The lowest BCUT2D eigenvalue weighted by atomic mass is 9.67. The zero-order valence-corrected chi connectivity index (χ0v) is 34.8. The molecule has 1 aliphatic rings. The maximum atomic E-state index is 6.60. The maximum absolute atomic E-state index is 6.60. The van der Waals surface area contributed by atoms with E-state index in [0.717, 1.165) is 72.1 Å². The van der Waals surface area contributed by atoms with Gasteiger partial charge in [-0.15, -0.1) is 0 Å². The highest BCUT2D eigenvalue weighted by atomic mass is 16.3. The van der Waals surface area contributed by atoms with Gasteiger partial charge in [-0.05, 0) is 116 Å². The fourth-order valence-electron chi connectivity index (χ4n) is 10.6. The average Bonchev–Trinajstić information content (AvgIpc) is 4.04. The van der Waals surface area contributed by atoms with Gasteiger partial charge in [0.1, 0.15) is 22.3 Å². The van der Waals surface area contributed by atoms with Crippen LogP contribution in [0.3, 0.4) is 0 Å². The van der Waals surface area contributed by atoms with E-state index in [1.165, 1.54) is 44.5 Å². The summed E-state index contributed by atoms with van der Waals surface area (Å²) in [5.41, 5.74) is 18.0. The molecule has 13 rings (SSSR count). The second kappa shape index (κ2) is 14.3. The molecule has 1 aliphatic carbocycles. The Morgan fingerprint density at radius 2 is 0.844 bits per heavy atom. The quantitative estimate of drug-likeness (QED) is 0.160. The monoisotopic (exact) mass is 817 g/mol. The molecule has 10 aromatic carbocycles. The Morgan fingerprint density at radius 1 is 0.312 bits per heavy atom. The van der Waals surface area contributed by atoms with Gasteiger partial charge >= 0.3 is 0 Å². The van der Waals surface area contributed by atoms with Crippen molar-refractivity contribution >= 4 is 60.9 Å². The van der Waals surface area contributed by atoms with Gasteiger partial charge in [0.15, 0.2) is 0 Å². The van der Waals surface area contributed by atoms with Gasteiger partial charge in [0.05, 0.1) is 16.5 Å². The van der Waals surface area contributed by atoms with E-state index in [9.17, 15) is 0 Å². The number of hydrogen-bond acceptors (Lipinski definition) is 3. The van der Waals surface area contributed by atoms with Gasteiger partial charge in [-0.3, -0.25) is 0 Å². The highest BCUT2D eigenvalue weighted by Crippen LogP contribution is 2.57. The molecule has 0 unspecified atom stereocenters. The van der Waals surface area contributed by atoms with Gasteiger partial charge in [-0.2, -0.15) is 0 Å². The number of anilines is 3. The third-order valence-electron chi connectivity index (χ3n) is 13.3. The van der Waals surface area contributed by atoms with E-state index >= 15 is 0 Å². The minimum absolute atomic E-state index is 0.622. The van der Waals surface area contributed by atoms with E-state index in [-0.39, 0.29) is 0 Å². The first kappa shape index (κ1) is 36.3. The van der Waals surface area contributed by atoms with Gasteiger partial charge in [0.2, 0.25) is 0 Å². The Hall–Kier alpha value is -8.40. The number of benzene rings is 10. The van der Waals surface area contributed by atoms with Crippen LogP contribution in [0.15, 0.2) is 245 Å². The first-order valence-electron chi connectivity index (χ1n) is 21.9. The van der Waals surface area contributed by atoms with Crippen molar-refractivity contribution < 1.29 is 8.83 Å². The number of hydrogen-bond donors (Lipinski definition) is 0. The Kier molecular flexibility index (Phi) is 8.13. The molecule has 0 saturated heterocycles. The van der Waals surface area contributed by atoms with Crippen LogP contribution in [0.4, 0.5) is 17.1 Å². The standard InChI is InChI=1S/C61H39NO2/c1-3-17-40(18-4-1)42-21-13-22-43(37-42)61(52-29-10-7-25-48(52)49-26-8-11-30-53(49)61)44-23-14-24-45(38-44)62(54-31-16-34-58-60(54)50-27-9-12-32-55(50)63-58)46-35-36-56-51(39-46)59-47(28-15-33-57(59)64-56)41-19-5-2-6-20-41/h1-39H. The topological polar surface area (TPSA) is 29.5 Å². The van der Waals surface area contributed by atoms with Crippen molar-refractivity contribution in [3.63, 3.8) is 0 Å². The third-order valence-corrected chi connectivity index (χ3v) is 13.3. The molecule has 64 heavy (non-hydrogen) atoms. The van der Waals surface area contributed by atoms with Crippen LogP contribution in [-0.2, 0) is 5.41 Å². The Morgan fingerprint density at radius 3 is 1.61 bits per heavy atom. The lowest BCUT2D eigenvalue weighted by molar-refractivity contribution is 0.668. The number of para-hydroxylation sites is 1. The molecule has 0 spiro atoms. The van der Waals surface area contributed by atoms with Crippen LogP contribution < -0.4 is 4.90 Å². The van der Waals surface area contributed by atoms with Crippen LogP contribution in [0.25, 0.3) is 77.3 Å². The number of fused-ring (bicyclic) bond motifs is 9. The zero-order valence-electron chi connectivity index (χ0n) is 34.8. The van der Waals surface area contributed by atoms with Crippen LogP contribution in [0.5, 0.6) is 0 Å². The molecule has 2 aromatic heterocycles. The maximum Gasteiger partial charge on any atom is 0.137 e. The molecule has 0 aliphatic heterocycles. The van der Waals surface area contributed by atoms with Crippen LogP contribution >= 0.6 is 0 Å². The van der Waals surface area contributed by atoms with Crippen molar-refractivity contribution in [1.82, 2.24) is 0 Å². The molecule has 3 nitrogen and oxygen atoms in total. The van der Waals surface area contributed by atoms with Crippen LogP contribution in [0.1, 0.15) is 22.3 Å². The molecule has 0 atom stereocenters. The highest BCUT2D eigenvalue weighted by Gasteiger charge is 2.46. The minimum Gasteiger partial charge on any atom is -0.456 e. The van der Waals surface area contributed by atoms with Gasteiger partial charge in [-0.1, -0.05) is 176 Å². The number of rotatable bonds is 7. The van der Waals surface area contributed by atoms with Crippen LogP contribution in [0, 0.1) is 0 Å².